The predicted molar refractivity (Wildman–Crippen MR) is 98.8 cm³/mol. The lowest BCUT2D eigenvalue weighted by atomic mass is 10.1. The van der Waals surface area contributed by atoms with Crippen LogP contribution in [0, 0.1) is 0 Å². The molecule has 0 amide bonds. The summed E-state index contributed by atoms with van der Waals surface area (Å²) in [6.45, 7) is 4.47. The zero-order chi connectivity index (χ0) is 16.0. The lowest BCUT2D eigenvalue weighted by Gasteiger charge is -2.17. The molecular weight excluding hydrogens is 328 g/mol. The molecule has 0 aliphatic carbocycles. The number of aryl methyl sites for hydroxylation is 1. The molecule has 1 aromatic carbocycles. The third kappa shape index (κ3) is 2.35. The molecule has 3 heterocycles. The van der Waals surface area contributed by atoms with Gasteiger partial charge in [-0.15, -0.1) is 0 Å². The Balaban J connectivity index is 1.89. The molecular formula is C17H18ClN4S+. The van der Waals surface area contributed by atoms with Crippen LogP contribution in [0.15, 0.2) is 45.8 Å². The number of benzene rings is 1. The highest BCUT2D eigenvalue weighted by molar-refractivity contribution is 7.32. The second kappa shape index (κ2) is 5.65. The largest absolute Gasteiger partial charge is 0.276 e. The molecule has 4 nitrogen and oxygen atoms in total. The molecule has 23 heavy (non-hydrogen) atoms. The van der Waals surface area contributed by atoms with Gasteiger partial charge in [-0.05, 0) is 23.5 Å². The zero-order valence-corrected chi connectivity index (χ0v) is 14.7. The van der Waals surface area contributed by atoms with Crippen LogP contribution in [-0.4, -0.2) is 29.8 Å². The molecule has 0 radical (unpaired) electrons. The number of aliphatic imine (C=N–C) groups is 1. The Morgan fingerprint density at radius 3 is 2.87 bits per heavy atom. The van der Waals surface area contributed by atoms with Gasteiger partial charge in [-0.3, -0.25) is 14.9 Å². The minimum atomic E-state index is 0.106. The van der Waals surface area contributed by atoms with E-state index in [0.717, 1.165) is 35.3 Å². The van der Waals surface area contributed by atoms with Crippen LogP contribution in [0.25, 0.3) is 0 Å². The van der Waals surface area contributed by atoms with E-state index >= 15 is 0 Å². The summed E-state index contributed by atoms with van der Waals surface area (Å²) in [7, 11) is 0.106. The second-order valence-corrected chi connectivity index (χ2v) is 7.83. The van der Waals surface area contributed by atoms with Crippen molar-refractivity contribution in [2.24, 2.45) is 16.3 Å². The van der Waals surface area contributed by atoms with Crippen LogP contribution in [0.1, 0.15) is 18.1 Å². The van der Waals surface area contributed by atoms with Crippen molar-refractivity contribution in [2.75, 3.05) is 18.1 Å². The lowest BCUT2D eigenvalue weighted by Crippen LogP contribution is -2.35. The van der Waals surface area contributed by atoms with Crippen LogP contribution in [-0.2, 0) is 12.8 Å². The molecule has 6 heteroatoms. The second-order valence-electron chi connectivity index (χ2n) is 5.65. The Morgan fingerprint density at radius 2 is 2.09 bits per heavy atom. The molecule has 1 aromatic heterocycles. The fourth-order valence-corrected chi connectivity index (χ4v) is 4.80. The number of hydrazone groups is 1. The Morgan fingerprint density at radius 1 is 1.26 bits per heavy atom. The van der Waals surface area contributed by atoms with Crippen molar-refractivity contribution in [2.45, 2.75) is 13.5 Å². The van der Waals surface area contributed by atoms with Gasteiger partial charge in [0.1, 0.15) is 24.0 Å². The predicted octanol–water partition coefficient (Wildman–Crippen LogP) is 4.04. The SMILES string of the molecule is CCN1CN2C(=N1)C(c1ccccc1Cl)=NCc1cc[s+](C)c12. The van der Waals surface area contributed by atoms with E-state index in [1.165, 1.54) is 10.6 Å². The standard InChI is InChI=1S/C17H18ClN4S/c1-3-21-11-22-16(20-21)15(13-6-4-5-7-14(13)18)19-10-12-8-9-23(2)17(12)22/h4-9H,3,10-11H2,1-2H3/q+1. The number of hydrogen-bond acceptors (Lipinski definition) is 4. The van der Waals surface area contributed by atoms with Gasteiger partial charge in [0.15, 0.2) is 5.84 Å². The van der Waals surface area contributed by atoms with Gasteiger partial charge in [0.25, 0.3) is 5.00 Å². The lowest BCUT2D eigenvalue weighted by molar-refractivity contribution is 0.337. The maximum atomic E-state index is 6.43. The summed E-state index contributed by atoms with van der Waals surface area (Å²) in [4.78, 5) is 7.19. The maximum Gasteiger partial charge on any atom is 0.255 e. The van der Waals surface area contributed by atoms with Crippen molar-refractivity contribution in [3.63, 3.8) is 0 Å². The van der Waals surface area contributed by atoms with E-state index in [-0.39, 0.29) is 10.5 Å². The van der Waals surface area contributed by atoms with Crippen molar-refractivity contribution >= 4 is 38.6 Å². The van der Waals surface area contributed by atoms with Gasteiger partial charge in [-0.1, -0.05) is 29.8 Å². The van der Waals surface area contributed by atoms with Crippen molar-refractivity contribution in [3.05, 3.63) is 51.9 Å². The third-order valence-electron chi connectivity index (χ3n) is 4.21. The molecule has 0 fully saturated rings. The zero-order valence-electron chi connectivity index (χ0n) is 13.2. The molecule has 2 aliphatic heterocycles. The first-order valence-corrected chi connectivity index (χ1v) is 9.73. The molecule has 2 aromatic rings. The summed E-state index contributed by atoms with van der Waals surface area (Å²) in [5.74, 6) is 0.924. The van der Waals surface area contributed by atoms with Gasteiger partial charge in [-0.25, -0.2) is 0 Å². The average molecular weight is 346 g/mol. The number of amidine groups is 1. The van der Waals surface area contributed by atoms with Crippen LogP contribution < -0.4 is 4.90 Å². The highest BCUT2D eigenvalue weighted by atomic mass is 35.5. The highest BCUT2D eigenvalue weighted by Crippen LogP contribution is 2.40. The van der Waals surface area contributed by atoms with Crippen molar-refractivity contribution in [1.29, 1.82) is 0 Å². The minimum absolute atomic E-state index is 0.106. The van der Waals surface area contributed by atoms with Crippen LogP contribution in [0.2, 0.25) is 5.02 Å². The molecule has 0 saturated carbocycles. The Bertz CT molecular complexity index is 824. The van der Waals surface area contributed by atoms with Crippen LogP contribution in [0.4, 0.5) is 5.00 Å². The van der Waals surface area contributed by atoms with Gasteiger partial charge in [0, 0.05) is 18.2 Å². The number of anilines is 1. The third-order valence-corrected chi connectivity index (χ3v) is 6.17. The number of rotatable bonds is 2. The summed E-state index contributed by atoms with van der Waals surface area (Å²) in [6, 6.07) is 10.1. The van der Waals surface area contributed by atoms with E-state index in [9.17, 15) is 0 Å². The van der Waals surface area contributed by atoms with Gasteiger partial charge in [-0.2, -0.15) is 5.10 Å². The summed E-state index contributed by atoms with van der Waals surface area (Å²) >= 11 is 6.43. The fraction of sp³-hybridized carbons (Fsp3) is 0.294. The smallest absolute Gasteiger partial charge is 0.255 e. The quantitative estimate of drug-likeness (QED) is 0.769. The van der Waals surface area contributed by atoms with Gasteiger partial charge in [0.05, 0.1) is 17.1 Å². The Labute approximate surface area is 143 Å². The number of halogens is 1. The van der Waals surface area contributed by atoms with E-state index in [0.29, 0.717) is 6.54 Å². The Hall–Kier alpha value is -1.85. The molecule has 0 bridgehead atoms. The summed E-state index contributed by atoms with van der Waals surface area (Å²) < 4.78 is 0. The van der Waals surface area contributed by atoms with Gasteiger partial charge in [0.2, 0.25) is 0 Å². The molecule has 2 aliphatic rings. The average Bonchev–Trinajstić information content (AvgIpc) is 3.09. The van der Waals surface area contributed by atoms with E-state index in [4.69, 9.17) is 21.7 Å². The molecule has 1 unspecified atom stereocenters. The normalized spacial score (nSPS) is 17.4. The first kappa shape index (κ1) is 14.7. The minimum Gasteiger partial charge on any atom is -0.276 e. The maximum absolute atomic E-state index is 6.43. The fourth-order valence-electron chi connectivity index (χ4n) is 3.04. The van der Waals surface area contributed by atoms with Crippen LogP contribution >= 0.6 is 22.1 Å². The van der Waals surface area contributed by atoms with Crippen LogP contribution in [0.5, 0.6) is 0 Å². The number of hydrogen-bond donors (Lipinski definition) is 0. The van der Waals surface area contributed by atoms with E-state index in [2.05, 4.69) is 34.5 Å². The first-order valence-electron chi connectivity index (χ1n) is 7.66. The molecule has 0 saturated heterocycles. The van der Waals surface area contributed by atoms with E-state index in [1.807, 2.05) is 24.3 Å². The molecule has 4 rings (SSSR count). The monoisotopic (exact) mass is 345 g/mol. The Kier molecular flexibility index (Phi) is 3.62. The molecule has 1 atom stereocenters. The molecule has 118 valence electrons. The molecule has 0 N–H and O–H groups in total. The summed E-state index contributed by atoms with van der Waals surface area (Å²) in [6.07, 6.45) is 2.26. The molecule has 0 spiro atoms. The first-order chi connectivity index (χ1) is 11.2. The van der Waals surface area contributed by atoms with Gasteiger partial charge < -0.3 is 0 Å². The summed E-state index contributed by atoms with van der Waals surface area (Å²) in [5, 5.41) is 11.2. The summed E-state index contributed by atoms with van der Waals surface area (Å²) in [5.41, 5.74) is 3.15. The van der Waals surface area contributed by atoms with Crippen molar-refractivity contribution in [3.8, 4) is 0 Å². The van der Waals surface area contributed by atoms with E-state index in [1.54, 1.807) is 0 Å². The topological polar surface area (TPSA) is 31.2 Å². The number of thiophene rings is 1. The van der Waals surface area contributed by atoms with Crippen LogP contribution in [0.3, 0.4) is 0 Å². The van der Waals surface area contributed by atoms with Crippen molar-refractivity contribution < 1.29 is 0 Å². The van der Waals surface area contributed by atoms with Crippen molar-refractivity contribution in [1.82, 2.24) is 5.01 Å². The van der Waals surface area contributed by atoms with Gasteiger partial charge >= 0.3 is 0 Å². The number of fused-ring (bicyclic) bond motifs is 3. The number of nitrogens with zero attached hydrogens (tertiary/aromatic N) is 4. The highest BCUT2D eigenvalue weighted by Gasteiger charge is 2.37. The van der Waals surface area contributed by atoms with E-state index < -0.39 is 0 Å².